The molecule has 0 amide bonds. The van der Waals surface area contributed by atoms with Crippen molar-refractivity contribution < 1.29 is 0 Å². The molecule has 0 aromatic heterocycles. The molecule has 0 atom stereocenters. The summed E-state index contributed by atoms with van der Waals surface area (Å²) in [4.78, 5) is 0. The van der Waals surface area contributed by atoms with E-state index in [1.807, 2.05) is 0 Å². The summed E-state index contributed by atoms with van der Waals surface area (Å²) < 4.78 is 0. The van der Waals surface area contributed by atoms with Crippen LogP contribution in [0.15, 0.2) is 0 Å². The van der Waals surface area contributed by atoms with Crippen LogP contribution in [0.4, 0.5) is 0 Å². The smallest absolute Gasteiger partial charge is 0.00201 e. The molecule has 2 aliphatic carbocycles. The Hall–Kier alpha value is -0.0800. The molecule has 0 spiro atoms. The fourth-order valence-corrected chi connectivity index (χ4v) is 3.97. The van der Waals surface area contributed by atoms with Crippen molar-refractivity contribution in [2.24, 2.45) is 16.6 Å². The molecule has 2 aliphatic rings. The second-order valence-corrected chi connectivity index (χ2v) is 7.24. The molecule has 0 aliphatic heterocycles. The average molecular weight is 252 g/mol. The molecule has 2 nitrogen and oxygen atoms in total. The summed E-state index contributed by atoms with van der Waals surface area (Å²) in [5, 5.41) is 3.78. The molecule has 0 bridgehead atoms. The van der Waals surface area contributed by atoms with Crippen molar-refractivity contribution in [2.75, 3.05) is 19.6 Å². The third-order valence-electron chi connectivity index (χ3n) is 5.46. The van der Waals surface area contributed by atoms with Crippen LogP contribution in [0.2, 0.25) is 0 Å². The lowest BCUT2D eigenvalue weighted by Crippen LogP contribution is -2.45. The Morgan fingerprint density at radius 2 is 1.39 bits per heavy atom. The molecule has 0 radical (unpaired) electrons. The van der Waals surface area contributed by atoms with Gasteiger partial charge < -0.3 is 11.1 Å². The molecule has 0 saturated heterocycles. The highest BCUT2D eigenvalue weighted by atomic mass is 14.9. The number of rotatable bonds is 5. The van der Waals surface area contributed by atoms with Gasteiger partial charge in [-0.25, -0.2) is 0 Å². The maximum Gasteiger partial charge on any atom is 0.00201 e. The quantitative estimate of drug-likeness (QED) is 0.786. The van der Waals surface area contributed by atoms with Gasteiger partial charge in [-0.15, -0.1) is 0 Å². The van der Waals surface area contributed by atoms with E-state index in [4.69, 9.17) is 5.73 Å². The van der Waals surface area contributed by atoms with Crippen molar-refractivity contribution in [3.8, 4) is 0 Å². The molecular formula is C16H32N2. The predicted octanol–water partition coefficient (Wildman–Crippen LogP) is 3.46. The van der Waals surface area contributed by atoms with Gasteiger partial charge in [-0.05, 0) is 43.1 Å². The molecule has 3 N–H and O–H groups in total. The summed E-state index contributed by atoms with van der Waals surface area (Å²) in [6.45, 7) is 5.69. The van der Waals surface area contributed by atoms with Crippen molar-refractivity contribution in [1.29, 1.82) is 0 Å². The summed E-state index contributed by atoms with van der Waals surface area (Å²) in [5.41, 5.74) is 7.03. The van der Waals surface area contributed by atoms with Crippen LogP contribution in [0.1, 0.15) is 71.1 Å². The van der Waals surface area contributed by atoms with E-state index in [1.165, 1.54) is 70.8 Å². The first-order valence-electron chi connectivity index (χ1n) is 8.09. The van der Waals surface area contributed by atoms with Gasteiger partial charge in [0.1, 0.15) is 0 Å². The van der Waals surface area contributed by atoms with E-state index in [9.17, 15) is 0 Å². The van der Waals surface area contributed by atoms with Gasteiger partial charge in [0.05, 0.1) is 0 Å². The number of hydrogen-bond acceptors (Lipinski definition) is 2. The highest BCUT2D eigenvalue weighted by molar-refractivity contribution is 4.88. The van der Waals surface area contributed by atoms with Gasteiger partial charge in [0, 0.05) is 13.1 Å². The number of nitrogens with two attached hydrogens (primary N) is 1. The van der Waals surface area contributed by atoms with Crippen LogP contribution in [0.25, 0.3) is 0 Å². The molecule has 18 heavy (non-hydrogen) atoms. The molecule has 106 valence electrons. The number of nitrogens with one attached hydrogen (secondary N) is 1. The van der Waals surface area contributed by atoms with Crippen molar-refractivity contribution >= 4 is 0 Å². The number of hydrogen-bond donors (Lipinski definition) is 2. The first-order valence-corrected chi connectivity index (χ1v) is 8.09. The Morgan fingerprint density at radius 1 is 0.833 bits per heavy atom. The van der Waals surface area contributed by atoms with Crippen LogP contribution in [-0.4, -0.2) is 19.6 Å². The Bertz CT molecular complexity index is 237. The molecule has 2 saturated carbocycles. The summed E-state index contributed by atoms with van der Waals surface area (Å²) in [6, 6.07) is 0. The maximum absolute atomic E-state index is 6.05. The minimum atomic E-state index is 0.420. The van der Waals surface area contributed by atoms with Crippen LogP contribution < -0.4 is 11.1 Å². The van der Waals surface area contributed by atoms with Gasteiger partial charge in [-0.2, -0.15) is 0 Å². The minimum absolute atomic E-state index is 0.420. The Morgan fingerprint density at radius 3 is 1.94 bits per heavy atom. The van der Waals surface area contributed by atoms with Crippen LogP contribution in [-0.2, 0) is 0 Å². The lowest BCUT2D eigenvalue weighted by Gasteiger charge is -2.39. The topological polar surface area (TPSA) is 38.0 Å². The second-order valence-electron chi connectivity index (χ2n) is 7.24. The van der Waals surface area contributed by atoms with Crippen molar-refractivity contribution in [1.82, 2.24) is 5.32 Å². The summed E-state index contributed by atoms with van der Waals surface area (Å²) in [6.07, 6.45) is 14.0. The molecule has 0 aromatic carbocycles. The molecule has 2 heteroatoms. The van der Waals surface area contributed by atoms with Gasteiger partial charge in [0.2, 0.25) is 0 Å². The van der Waals surface area contributed by atoms with E-state index in [0.717, 1.165) is 13.1 Å². The Labute approximate surface area is 113 Å². The SMILES string of the molecule is CC1(CNCC2(CN)CCCCC2)CCCCC1. The first kappa shape index (κ1) is 14.3. The van der Waals surface area contributed by atoms with Gasteiger partial charge in [-0.3, -0.25) is 0 Å². The zero-order valence-corrected chi connectivity index (χ0v) is 12.3. The monoisotopic (exact) mass is 252 g/mol. The van der Waals surface area contributed by atoms with Crippen molar-refractivity contribution in [3.63, 3.8) is 0 Å². The van der Waals surface area contributed by atoms with Crippen molar-refractivity contribution in [2.45, 2.75) is 71.1 Å². The van der Waals surface area contributed by atoms with Gasteiger partial charge in [0.15, 0.2) is 0 Å². The molecule has 2 fully saturated rings. The average Bonchev–Trinajstić information content (AvgIpc) is 2.40. The normalized spacial score (nSPS) is 27.0. The summed E-state index contributed by atoms with van der Waals surface area (Å²) in [5.74, 6) is 0. The fraction of sp³-hybridized carbons (Fsp3) is 1.00. The van der Waals surface area contributed by atoms with Crippen molar-refractivity contribution in [3.05, 3.63) is 0 Å². The predicted molar refractivity (Wildman–Crippen MR) is 78.6 cm³/mol. The van der Waals surface area contributed by atoms with E-state index in [2.05, 4.69) is 12.2 Å². The Balaban J connectivity index is 1.75. The van der Waals surface area contributed by atoms with Crippen LogP contribution in [0, 0.1) is 10.8 Å². The third-order valence-corrected chi connectivity index (χ3v) is 5.46. The summed E-state index contributed by atoms with van der Waals surface area (Å²) in [7, 11) is 0. The second kappa shape index (κ2) is 6.38. The van der Waals surface area contributed by atoms with Crippen LogP contribution in [0.3, 0.4) is 0 Å². The van der Waals surface area contributed by atoms with Gasteiger partial charge in [0.25, 0.3) is 0 Å². The van der Waals surface area contributed by atoms with E-state index >= 15 is 0 Å². The molecular weight excluding hydrogens is 220 g/mol. The van der Waals surface area contributed by atoms with E-state index in [-0.39, 0.29) is 0 Å². The highest BCUT2D eigenvalue weighted by Crippen LogP contribution is 2.37. The summed E-state index contributed by atoms with van der Waals surface area (Å²) >= 11 is 0. The fourth-order valence-electron chi connectivity index (χ4n) is 3.97. The lowest BCUT2D eigenvalue weighted by atomic mass is 9.73. The van der Waals surface area contributed by atoms with E-state index in [0.29, 0.717) is 10.8 Å². The Kier molecular flexibility index (Phi) is 5.08. The first-order chi connectivity index (χ1) is 8.68. The molecule has 2 rings (SSSR count). The maximum atomic E-state index is 6.05. The van der Waals surface area contributed by atoms with Crippen LogP contribution >= 0.6 is 0 Å². The van der Waals surface area contributed by atoms with E-state index in [1.54, 1.807) is 0 Å². The molecule has 0 aromatic rings. The van der Waals surface area contributed by atoms with Gasteiger partial charge in [-0.1, -0.05) is 45.4 Å². The van der Waals surface area contributed by atoms with Gasteiger partial charge >= 0.3 is 0 Å². The standard InChI is InChI=1S/C16H32N2/c1-15(8-4-2-5-9-15)13-18-14-16(12-17)10-6-3-7-11-16/h18H,2-14,17H2,1H3. The highest BCUT2D eigenvalue weighted by Gasteiger charge is 2.32. The molecule has 0 unspecified atom stereocenters. The minimum Gasteiger partial charge on any atom is -0.330 e. The zero-order chi connectivity index (χ0) is 12.9. The zero-order valence-electron chi connectivity index (χ0n) is 12.3. The third kappa shape index (κ3) is 3.71. The van der Waals surface area contributed by atoms with E-state index < -0.39 is 0 Å². The largest absolute Gasteiger partial charge is 0.330 e. The molecule has 0 heterocycles. The lowest BCUT2D eigenvalue weighted by molar-refractivity contribution is 0.161. The van der Waals surface area contributed by atoms with Crippen LogP contribution in [0.5, 0.6) is 0 Å².